The third kappa shape index (κ3) is 3.30. The van der Waals surface area contributed by atoms with Crippen LogP contribution in [0.15, 0.2) is 36.4 Å². The van der Waals surface area contributed by atoms with Gasteiger partial charge < -0.3 is 9.30 Å². The molecule has 9 heteroatoms. The average molecular weight is 372 g/mol. The summed E-state index contributed by atoms with van der Waals surface area (Å²) < 4.78 is 58.9. The van der Waals surface area contributed by atoms with E-state index in [9.17, 15) is 17.6 Å². The summed E-state index contributed by atoms with van der Waals surface area (Å²) in [7, 11) is 1.45. The fourth-order valence-corrected chi connectivity index (χ4v) is 2.54. The summed E-state index contributed by atoms with van der Waals surface area (Å²) >= 11 is 5.91. The minimum Gasteiger partial charge on any atom is -0.434 e. The predicted octanol–water partition coefficient (Wildman–Crippen LogP) is 4.68. The molecule has 0 bridgehead atoms. The minimum atomic E-state index is -3.06. The first-order valence-electron chi connectivity index (χ1n) is 6.97. The van der Waals surface area contributed by atoms with E-state index in [0.29, 0.717) is 0 Å². The lowest BCUT2D eigenvalue weighted by molar-refractivity contribution is -0.0494. The summed E-state index contributed by atoms with van der Waals surface area (Å²) in [4.78, 5) is 0. The first-order valence-corrected chi connectivity index (χ1v) is 7.34. The van der Waals surface area contributed by atoms with E-state index in [1.807, 2.05) is 0 Å². The van der Waals surface area contributed by atoms with Crippen LogP contribution in [0.3, 0.4) is 0 Å². The fraction of sp³-hybridized carbons (Fsp3) is 0.125. The first-order chi connectivity index (χ1) is 11.9. The summed E-state index contributed by atoms with van der Waals surface area (Å²) in [5, 5.41) is 7.88. The van der Waals surface area contributed by atoms with Crippen LogP contribution < -0.4 is 4.74 Å². The highest BCUT2D eigenvalue weighted by atomic mass is 35.5. The Hall–Kier alpha value is -2.61. The molecular formula is C16H10ClF4N3O. The molecule has 0 aliphatic heterocycles. The van der Waals surface area contributed by atoms with Crippen LogP contribution in [0.2, 0.25) is 5.02 Å². The van der Waals surface area contributed by atoms with Gasteiger partial charge in [0.2, 0.25) is 0 Å². The molecule has 0 saturated carbocycles. The maximum Gasteiger partial charge on any atom is 0.387 e. The van der Waals surface area contributed by atoms with Crippen molar-refractivity contribution in [3.8, 4) is 28.5 Å². The van der Waals surface area contributed by atoms with Gasteiger partial charge in [-0.05, 0) is 30.3 Å². The summed E-state index contributed by atoms with van der Waals surface area (Å²) in [6, 6.07) is 7.36. The molecule has 3 rings (SSSR count). The molecule has 0 aliphatic carbocycles. The Kier molecular flexibility index (Phi) is 4.63. The molecule has 0 amide bonds. The number of nitrogens with zero attached hydrogens (tertiary/aromatic N) is 3. The number of benzene rings is 2. The maximum absolute atomic E-state index is 14.0. The number of hydrogen-bond donors (Lipinski definition) is 0. The lowest BCUT2D eigenvalue weighted by atomic mass is 10.1. The summed E-state index contributed by atoms with van der Waals surface area (Å²) in [5.41, 5.74) is -0.257. The normalized spacial score (nSPS) is 11.2. The number of ether oxygens (including phenoxy) is 1. The Morgan fingerprint density at radius 3 is 2.32 bits per heavy atom. The lowest BCUT2D eigenvalue weighted by Gasteiger charge is -2.11. The van der Waals surface area contributed by atoms with E-state index in [0.717, 1.165) is 12.1 Å². The van der Waals surface area contributed by atoms with Crippen LogP contribution in [0.5, 0.6) is 5.75 Å². The van der Waals surface area contributed by atoms with Gasteiger partial charge >= 0.3 is 6.61 Å². The van der Waals surface area contributed by atoms with Crippen LogP contribution in [-0.4, -0.2) is 21.4 Å². The van der Waals surface area contributed by atoms with Crippen molar-refractivity contribution in [3.63, 3.8) is 0 Å². The Morgan fingerprint density at radius 2 is 1.68 bits per heavy atom. The third-order valence-corrected chi connectivity index (χ3v) is 3.69. The van der Waals surface area contributed by atoms with E-state index >= 15 is 0 Å². The standard InChI is InChI=1S/C16H10ClF4N3O/c1-24-14(9-7-8(17)5-6-12(9)25-16(20)21)22-23-15(24)13-10(18)3-2-4-11(13)19/h2-7,16H,1H3. The van der Waals surface area contributed by atoms with Crippen LogP contribution in [-0.2, 0) is 7.05 Å². The molecule has 130 valence electrons. The van der Waals surface area contributed by atoms with Crippen molar-refractivity contribution >= 4 is 11.6 Å². The molecule has 1 heterocycles. The molecule has 0 atom stereocenters. The predicted molar refractivity (Wildman–Crippen MR) is 83.4 cm³/mol. The van der Waals surface area contributed by atoms with Crippen LogP contribution in [0.25, 0.3) is 22.8 Å². The molecule has 0 N–H and O–H groups in total. The second-order valence-corrected chi connectivity index (χ2v) is 5.46. The Bertz CT molecular complexity index is 909. The minimum absolute atomic E-state index is 0.0656. The van der Waals surface area contributed by atoms with Gasteiger partial charge in [-0.1, -0.05) is 17.7 Å². The summed E-state index contributed by atoms with van der Waals surface area (Å²) in [6.07, 6.45) is 0. The second-order valence-electron chi connectivity index (χ2n) is 5.02. The highest BCUT2D eigenvalue weighted by Gasteiger charge is 2.22. The van der Waals surface area contributed by atoms with Gasteiger partial charge in [0, 0.05) is 12.1 Å². The molecule has 25 heavy (non-hydrogen) atoms. The molecule has 0 fully saturated rings. The van der Waals surface area contributed by atoms with E-state index in [-0.39, 0.29) is 33.5 Å². The van der Waals surface area contributed by atoms with Gasteiger partial charge in [0.05, 0.1) is 11.1 Å². The second kappa shape index (κ2) is 6.72. The smallest absolute Gasteiger partial charge is 0.387 e. The van der Waals surface area contributed by atoms with Crippen LogP contribution in [0, 0.1) is 11.6 Å². The highest BCUT2D eigenvalue weighted by Crippen LogP contribution is 2.34. The van der Waals surface area contributed by atoms with E-state index in [2.05, 4.69) is 14.9 Å². The molecular weight excluding hydrogens is 362 g/mol. The topological polar surface area (TPSA) is 39.9 Å². The Balaban J connectivity index is 2.16. The van der Waals surface area contributed by atoms with Crippen molar-refractivity contribution in [1.29, 1.82) is 0 Å². The molecule has 3 aromatic rings. The SMILES string of the molecule is Cn1c(-c2cc(Cl)ccc2OC(F)F)nnc1-c1c(F)cccc1F. The largest absolute Gasteiger partial charge is 0.434 e. The zero-order chi connectivity index (χ0) is 18.1. The highest BCUT2D eigenvalue weighted by molar-refractivity contribution is 6.30. The van der Waals surface area contributed by atoms with E-state index in [1.54, 1.807) is 0 Å². The monoisotopic (exact) mass is 371 g/mol. The molecule has 0 unspecified atom stereocenters. The van der Waals surface area contributed by atoms with E-state index in [1.165, 1.54) is 35.9 Å². The van der Waals surface area contributed by atoms with Gasteiger partial charge in [0.1, 0.15) is 17.4 Å². The zero-order valence-corrected chi connectivity index (χ0v) is 13.4. The number of hydrogen-bond acceptors (Lipinski definition) is 3. The quantitative estimate of drug-likeness (QED) is 0.625. The van der Waals surface area contributed by atoms with Crippen LogP contribution >= 0.6 is 11.6 Å². The summed E-state index contributed by atoms with van der Waals surface area (Å²) in [5.74, 6) is -1.87. The Morgan fingerprint density at radius 1 is 1.04 bits per heavy atom. The van der Waals surface area contributed by atoms with Crippen LogP contribution in [0.1, 0.15) is 0 Å². The third-order valence-electron chi connectivity index (χ3n) is 3.46. The van der Waals surface area contributed by atoms with Crippen molar-refractivity contribution in [2.75, 3.05) is 0 Å². The fourth-order valence-electron chi connectivity index (χ4n) is 2.37. The molecule has 0 radical (unpaired) electrons. The van der Waals surface area contributed by atoms with Crippen molar-refractivity contribution in [2.24, 2.45) is 7.05 Å². The molecule has 2 aromatic carbocycles. The summed E-state index contributed by atoms with van der Waals surface area (Å²) in [6.45, 7) is -3.06. The number of rotatable bonds is 4. The first kappa shape index (κ1) is 17.2. The van der Waals surface area contributed by atoms with Crippen molar-refractivity contribution in [3.05, 3.63) is 53.1 Å². The molecule has 4 nitrogen and oxygen atoms in total. The molecule has 0 spiro atoms. The number of aromatic nitrogens is 3. The van der Waals surface area contributed by atoms with Gasteiger partial charge in [-0.2, -0.15) is 8.78 Å². The number of halogens is 5. The zero-order valence-electron chi connectivity index (χ0n) is 12.7. The van der Waals surface area contributed by atoms with Gasteiger partial charge in [-0.15, -0.1) is 10.2 Å². The lowest BCUT2D eigenvalue weighted by Crippen LogP contribution is -2.05. The average Bonchev–Trinajstić information content (AvgIpc) is 2.90. The van der Waals surface area contributed by atoms with E-state index < -0.39 is 18.2 Å². The van der Waals surface area contributed by atoms with Crippen LogP contribution in [0.4, 0.5) is 17.6 Å². The molecule has 0 saturated heterocycles. The van der Waals surface area contributed by atoms with E-state index in [4.69, 9.17) is 11.6 Å². The molecule has 0 aliphatic rings. The van der Waals surface area contributed by atoms with Crippen molar-refractivity contribution < 1.29 is 22.3 Å². The van der Waals surface area contributed by atoms with Gasteiger partial charge in [-0.3, -0.25) is 0 Å². The Labute approximate surface area is 144 Å². The number of alkyl halides is 2. The van der Waals surface area contributed by atoms with Crippen molar-refractivity contribution in [1.82, 2.24) is 14.8 Å². The van der Waals surface area contributed by atoms with Gasteiger partial charge in [0.25, 0.3) is 0 Å². The maximum atomic E-state index is 14.0. The van der Waals surface area contributed by atoms with Crippen molar-refractivity contribution in [2.45, 2.75) is 6.61 Å². The van der Waals surface area contributed by atoms with Gasteiger partial charge in [-0.25, -0.2) is 8.78 Å². The van der Waals surface area contributed by atoms with Gasteiger partial charge in [0.15, 0.2) is 11.6 Å². The molecule has 1 aromatic heterocycles.